The van der Waals surface area contributed by atoms with E-state index in [9.17, 15) is 19.7 Å². The highest BCUT2D eigenvalue weighted by Crippen LogP contribution is 2.29. The lowest BCUT2D eigenvalue weighted by atomic mass is 10.1. The lowest BCUT2D eigenvalue weighted by Crippen LogP contribution is -2.30. The number of rotatable bonds is 5. The number of fused-ring (bicyclic) bond motifs is 1. The third-order valence-corrected chi connectivity index (χ3v) is 5.30. The van der Waals surface area contributed by atoms with E-state index in [4.69, 9.17) is 4.74 Å². The number of nitrogens with zero attached hydrogens (tertiary/aromatic N) is 1. The molecular weight excluding hydrogens is 380 g/mol. The third kappa shape index (κ3) is 4.17. The van der Waals surface area contributed by atoms with Crippen molar-refractivity contribution in [3.8, 4) is 0 Å². The van der Waals surface area contributed by atoms with Gasteiger partial charge in [-0.1, -0.05) is 17.7 Å². The molecule has 1 heterocycles. The molecule has 144 valence electrons. The molecular formula is C20H18N2O5S. The molecule has 1 aromatic heterocycles. The molecule has 3 rings (SSSR count). The maximum absolute atomic E-state index is 12.4. The van der Waals surface area contributed by atoms with Gasteiger partial charge in [0.05, 0.1) is 4.92 Å². The van der Waals surface area contributed by atoms with Gasteiger partial charge in [-0.15, -0.1) is 11.3 Å². The van der Waals surface area contributed by atoms with Crippen LogP contribution in [0.2, 0.25) is 0 Å². The Balaban J connectivity index is 1.70. The zero-order valence-electron chi connectivity index (χ0n) is 15.5. The first-order valence-electron chi connectivity index (χ1n) is 8.51. The van der Waals surface area contributed by atoms with Crippen LogP contribution < -0.4 is 5.32 Å². The number of nitrogens with one attached hydrogen (secondary N) is 1. The van der Waals surface area contributed by atoms with Gasteiger partial charge in [-0.3, -0.25) is 14.9 Å². The minimum atomic E-state index is -0.993. The van der Waals surface area contributed by atoms with Crippen molar-refractivity contribution >= 4 is 44.7 Å². The number of anilines is 1. The van der Waals surface area contributed by atoms with Gasteiger partial charge in [0.2, 0.25) is 0 Å². The number of non-ortho nitro benzene ring substituents is 1. The first-order chi connectivity index (χ1) is 13.2. The van der Waals surface area contributed by atoms with E-state index in [1.807, 2.05) is 26.0 Å². The first kappa shape index (κ1) is 19.5. The SMILES string of the molecule is Cc1ccc(NC(=O)[C@H](C)OC(=O)c2cc3cc([N+](=O)[O-])ccc3s2)c(C)c1. The Kier molecular flexibility index (Phi) is 5.41. The maximum Gasteiger partial charge on any atom is 0.349 e. The highest BCUT2D eigenvalue weighted by molar-refractivity contribution is 7.20. The lowest BCUT2D eigenvalue weighted by Gasteiger charge is -2.14. The molecule has 8 heteroatoms. The first-order valence-corrected chi connectivity index (χ1v) is 9.33. The highest BCUT2D eigenvalue weighted by Gasteiger charge is 2.21. The zero-order valence-corrected chi connectivity index (χ0v) is 16.3. The predicted molar refractivity (Wildman–Crippen MR) is 108 cm³/mol. The molecule has 0 aliphatic heterocycles. The summed E-state index contributed by atoms with van der Waals surface area (Å²) in [5, 5.41) is 14.2. The zero-order chi connectivity index (χ0) is 20.4. The van der Waals surface area contributed by atoms with Gasteiger partial charge < -0.3 is 10.1 Å². The molecule has 1 amide bonds. The van der Waals surface area contributed by atoms with Gasteiger partial charge in [0.25, 0.3) is 11.6 Å². The van der Waals surface area contributed by atoms with E-state index in [1.165, 1.54) is 25.1 Å². The second kappa shape index (κ2) is 7.77. The second-order valence-corrected chi connectivity index (χ2v) is 7.53. The molecule has 0 unspecified atom stereocenters. The molecule has 0 spiro atoms. The molecule has 7 nitrogen and oxygen atoms in total. The number of amides is 1. The Morgan fingerprint density at radius 2 is 1.89 bits per heavy atom. The summed E-state index contributed by atoms with van der Waals surface area (Å²) < 4.78 is 5.99. The number of esters is 1. The van der Waals surface area contributed by atoms with E-state index < -0.39 is 22.9 Å². The minimum absolute atomic E-state index is 0.0496. The summed E-state index contributed by atoms with van der Waals surface area (Å²) in [7, 11) is 0. The number of nitro groups is 1. The number of hydrogen-bond donors (Lipinski definition) is 1. The quantitative estimate of drug-likeness (QED) is 0.384. The van der Waals surface area contributed by atoms with Gasteiger partial charge in [-0.2, -0.15) is 0 Å². The Bertz CT molecular complexity index is 1090. The standard InChI is InChI=1S/C20H18N2O5S/c1-11-4-6-16(12(2)8-11)21-19(23)13(3)27-20(24)18-10-14-9-15(22(25)26)5-7-17(14)28-18/h4-10,13H,1-3H3,(H,21,23)/t13-/m0/s1. The molecule has 0 aliphatic rings. The number of carbonyl (C=O) groups excluding carboxylic acids is 2. The topological polar surface area (TPSA) is 98.5 Å². The van der Waals surface area contributed by atoms with Crippen LogP contribution in [0.5, 0.6) is 0 Å². The van der Waals surface area contributed by atoms with Gasteiger partial charge >= 0.3 is 5.97 Å². The maximum atomic E-state index is 12.4. The summed E-state index contributed by atoms with van der Waals surface area (Å²) >= 11 is 1.16. The number of nitro benzene ring substituents is 1. The van der Waals surface area contributed by atoms with E-state index in [0.717, 1.165) is 27.2 Å². The monoisotopic (exact) mass is 398 g/mol. The van der Waals surface area contributed by atoms with E-state index in [2.05, 4.69) is 5.32 Å². The van der Waals surface area contributed by atoms with Gasteiger partial charge in [0.15, 0.2) is 6.10 Å². The molecule has 0 aliphatic carbocycles. The molecule has 28 heavy (non-hydrogen) atoms. The van der Waals surface area contributed by atoms with Crippen LogP contribution >= 0.6 is 11.3 Å². The normalized spacial score (nSPS) is 11.8. The Morgan fingerprint density at radius 3 is 2.57 bits per heavy atom. The molecule has 0 radical (unpaired) electrons. The lowest BCUT2D eigenvalue weighted by molar-refractivity contribution is -0.384. The average molecular weight is 398 g/mol. The van der Waals surface area contributed by atoms with Crippen molar-refractivity contribution in [2.24, 2.45) is 0 Å². The van der Waals surface area contributed by atoms with E-state index >= 15 is 0 Å². The molecule has 3 aromatic rings. The molecule has 2 aromatic carbocycles. The number of carbonyl (C=O) groups is 2. The van der Waals surface area contributed by atoms with Gasteiger partial charge in [0.1, 0.15) is 4.88 Å². The summed E-state index contributed by atoms with van der Waals surface area (Å²) in [6.07, 6.45) is -0.993. The van der Waals surface area contributed by atoms with Crippen LogP contribution in [0.15, 0.2) is 42.5 Å². The largest absolute Gasteiger partial charge is 0.448 e. The van der Waals surface area contributed by atoms with Gasteiger partial charge in [0, 0.05) is 27.9 Å². The van der Waals surface area contributed by atoms with Crippen molar-refractivity contribution in [3.63, 3.8) is 0 Å². The third-order valence-electron chi connectivity index (χ3n) is 4.20. The summed E-state index contributed by atoms with van der Waals surface area (Å²) in [6.45, 7) is 5.34. The van der Waals surface area contributed by atoms with Crippen molar-refractivity contribution in [2.75, 3.05) is 5.32 Å². The van der Waals surface area contributed by atoms with Crippen molar-refractivity contribution < 1.29 is 19.2 Å². The fourth-order valence-corrected chi connectivity index (χ4v) is 3.63. The summed E-state index contributed by atoms with van der Waals surface area (Å²) in [5.41, 5.74) is 2.61. The van der Waals surface area contributed by atoms with Gasteiger partial charge in [-0.25, -0.2) is 4.79 Å². The predicted octanol–water partition coefficient (Wildman–Crippen LogP) is 4.61. The van der Waals surface area contributed by atoms with E-state index in [1.54, 1.807) is 12.1 Å². The minimum Gasteiger partial charge on any atom is -0.448 e. The Labute approximate surface area is 165 Å². The molecule has 0 bridgehead atoms. The smallest absolute Gasteiger partial charge is 0.349 e. The fourth-order valence-electron chi connectivity index (χ4n) is 2.71. The molecule has 1 atom stereocenters. The van der Waals surface area contributed by atoms with Crippen LogP contribution in [-0.2, 0) is 9.53 Å². The van der Waals surface area contributed by atoms with Crippen LogP contribution in [0.3, 0.4) is 0 Å². The number of benzene rings is 2. The highest BCUT2D eigenvalue weighted by atomic mass is 32.1. The molecule has 0 fully saturated rings. The van der Waals surface area contributed by atoms with Crippen LogP contribution in [0.1, 0.15) is 27.7 Å². The fraction of sp³-hybridized carbons (Fsp3) is 0.200. The molecule has 0 saturated carbocycles. The van der Waals surface area contributed by atoms with Crippen molar-refractivity contribution in [1.82, 2.24) is 0 Å². The summed E-state index contributed by atoms with van der Waals surface area (Å²) in [4.78, 5) is 35.4. The number of ether oxygens (including phenoxy) is 1. The van der Waals surface area contributed by atoms with Crippen LogP contribution in [0.4, 0.5) is 11.4 Å². The van der Waals surface area contributed by atoms with Crippen molar-refractivity contribution in [2.45, 2.75) is 26.9 Å². The summed E-state index contributed by atoms with van der Waals surface area (Å²) in [5.74, 6) is -1.08. The molecule has 0 saturated heterocycles. The van der Waals surface area contributed by atoms with Gasteiger partial charge in [-0.05, 0) is 44.5 Å². The van der Waals surface area contributed by atoms with Crippen LogP contribution in [-0.4, -0.2) is 22.9 Å². The summed E-state index contributed by atoms with van der Waals surface area (Å²) in [6, 6.07) is 11.5. The van der Waals surface area contributed by atoms with E-state index in [0.29, 0.717) is 11.1 Å². The Hall–Kier alpha value is -3.26. The number of thiophene rings is 1. The average Bonchev–Trinajstić information content (AvgIpc) is 3.07. The Morgan fingerprint density at radius 1 is 1.14 bits per heavy atom. The second-order valence-electron chi connectivity index (χ2n) is 6.45. The van der Waals surface area contributed by atoms with Crippen molar-refractivity contribution in [1.29, 1.82) is 0 Å². The molecule has 1 N–H and O–H groups in total. The van der Waals surface area contributed by atoms with E-state index in [-0.39, 0.29) is 10.6 Å². The number of aryl methyl sites for hydroxylation is 2. The van der Waals surface area contributed by atoms with Crippen molar-refractivity contribution in [3.05, 3.63) is 68.6 Å². The van der Waals surface area contributed by atoms with Crippen LogP contribution in [0, 0.1) is 24.0 Å². The van der Waals surface area contributed by atoms with Crippen LogP contribution in [0.25, 0.3) is 10.1 Å². The number of hydrogen-bond acceptors (Lipinski definition) is 6.